The number of fused-ring (bicyclic) bond motifs is 1. The number of hydrogen-bond acceptors (Lipinski definition) is 3. The van der Waals surface area contributed by atoms with Gasteiger partial charge in [-0.3, -0.25) is 4.79 Å². The maximum absolute atomic E-state index is 11.0. The van der Waals surface area contributed by atoms with Crippen molar-refractivity contribution in [2.75, 3.05) is 0 Å². The molecule has 4 nitrogen and oxygen atoms in total. The molecular weight excluding hydrogens is 266 g/mol. The predicted molar refractivity (Wildman–Crippen MR) is 71.6 cm³/mol. The molecule has 1 N–H and O–H groups in total. The number of carboxylic acids is 1. The molecule has 0 radical (unpaired) electrons. The number of carboxylic acid groups (broad SMARTS) is 1. The van der Waals surface area contributed by atoms with Crippen molar-refractivity contribution in [3.05, 3.63) is 34.9 Å². The highest BCUT2D eigenvalue weighted by molar-refractivity contribution is 6.30. The van der Waals surface area contributed by atoms with Crippen molar-refractivity contribution < 1.29 is 14.6 Å². The predicted octanol–water partition coefficient (Wildman–Crippen LogP) is 2.74. The van der Waals surface area contributed by atoms with E-state index in [-0.39, 0.29) is 18.1 Å². The van der Waals surface area contributed by atoms with Gasteiger partial charge in [-0.1, -0.05) is 11.6 Å². The van der Waals surface area contributed by atoms with Gasteiger partial charge in [0.15, 0.2) is 0 Å². The highest BCUT2D eigenvalue weighted by Crippen LogP contribution is 2.33. The molecule has 3 atom stereocenters. The number of carbonyl (C=O) groups is 1. The summed E-state index contributed by atoms with van der Waals surface area (Å²) in [4.78, 5) is 15.6. The molecule has 3 unspecified atom stereocenters. The summed E-state index contributed by atoms with van der Waals surface area (Å²) in [5.74, 6) is -0.430. The van der Waals surface area contributed by atoms with Gasteiger partial charge in [0.25, 0.3) is 0 Å². The lowest BCUT2D eigenvalue weighted by Crippen LogP contribution is -2.34. The molecule has 0 bridgehead atoms. The Morgan fingerprint density at radius 2 is 2.05 bits per heavy atom. The Labute approximate surface area is 116 Å². The minimum Gasteiger partial charge on any atom is -0.481 e. The topological polar surface area (TPSA) is 58.9 Å². The molecule has 1 aromatic carbocycles. The van der Waals surface area contributed by atoms with E-state index in [1.807, 2.05) is 12.1 Å². The van der Waals surface area contributed by atoms with Gasteiger partial charge in [-0.2, -0.15) is 0 Å². The molecule has 1 saturated carbocycles. The third-order valence-corrected chi connectivity index (χ3v) is 4.00. The van der Waals surface area contributed by atoms with Crippen LogP contribution in [0, 0.1) is 5.92 Å². The number of rotatable bonds is 2. The molecule has 1 fully saturated rings. The van der Waals surface area contributed by atoms with Gasteiger partial charge in [-0.05, 0) is 43.5 Å². The molecule has 0 saturated heterocycles. The lowest BCUT2D eigenvalue weighted by atomic mass is 9.84. The first-order valence-corrected chi connectivity index (χ1v) is 6.74. The molecule has 5 heteroatoms. The van der Waals surface area contributed by atoms with Gasteiger partial charge in [0.1, 0.15) is 6.10 Å². The summed E-state index contributed by atoms with van der Waals surface area (Å²) in [7, 11) is 0. The van der Waals surface area contributed by atoms with Crippen LogP contribution in [0.3, 0.4) is 0 Å². The zero-order valence-corrected chi connectivity index (χ0v) is 11.0. The molecule has 19 heavy (non-hydrogen) atoms. The van der Waals surface area contributed by atoms with Gasteiger partial charge in [0.2, 0.25) is 5.90 Å². The lowest BCUT2D eigenvalue weighted by Gasteiger charge is -2.26. The second kappa shape index (κ2) is 4.85. The third-order valence-electron chi connectivity index (χ3n) is 3.74. The van der Waals surface area contributed by atoms with Crippen LogP contribution in [-0.4, -0.2) is 29.1 Å². The third kappa shape index (κ3) is 2.45. The monoisotopic (exact) mass is 279 g/mol. The van der Waals surface area contributed by atoms with Gasteiger partial charge in [-0.15, -0.1) is 0 Å². The summed E-state index contributed by atoms with van der Waals surface area (Å²) >= 11 is 5.85. The quantitative estimate of drug-likeness (QED) is 0.905. The fraction of sp³-hybridized carbons (Fsp3) is 0.429. The average molecular weight is 280 g/mol. The van der Waals surface area contributed by atoms with Crippen molar-refractivity contribution in [3.8, 4) is 0 Å². The number of ether oxygens (including phenoxy) is 1. The van der Waals surface area contributed by atoms with Crippen molar-refractivity contribution in [2.45, 2.75) is 31.4 Å². The SMILES string of the molecule is O=C(O)C1CCC2N=C(c3ccc(Cl)cc3)OC2C1. The Bertz CT molecular complexity index is 526. The first-order valence-electron chi connectivity index (χ1n) is 6.36. The number of nitrogens with zero attached hydrogens (tertiary/aromatic N) is 1. The second-order valence-corrected chi connectivity index (χ2v) is 5.45. The normalized spacial score (nSPS) is 29.3. The highest BCUT2D eigenvalue weighted by Gasteiger charge is 2.39. The van der Waals surface area contributed by atoms with Gasteiger partial charge in [0, 0.05) is 10.6 Å². The van der Waals surface area contributed by atoms with Crippen LogP contribution in [0.5, 0.6) is 0 Å². The first kappa shape index (κ1) is 12.5. The van der Waals surface area contributed by atoms with Crippen LogP contribution < -0.4 is 0 Å². The largest absolute Gasteiger partial charge is 0.481 e. The van der Waals surface area contributed by atoms with Crippen molar-refractivity contribution in [3.63, 3.8) is 0 Å². The molecule has 0 aromatic heterocycles. The smallest absolute Gasteiger partial charge is 0.306 e. The molecule has 1 aliphatic carbocycles. The molecule has 0 amide bonds. The van der Waals surface area contributed by atoms with Crippen LogP contribution in [0.2, 0.25) is 5.02 Å². The average Bonchev–Trinajstić information content (AvgIpc) is 2.82. The summed E-state index contributed by atoms with van der Waals surface area (Å²) in [5, 5.41) is 9.74. The second-order valence-electron chi connectivity index (χ2n) is 5.01. The van der Waals surface area contributed by atoms with E-state index in [0.29, 0.717) is 23.8 Å². The molecule has 1 aromatic rings. The van der Waals surface area contributed by atoms with E-state index in [0.717, 1.165) is 12.0 Å². The molecule has 2 aliphatic rings. The fourth-order valence-electron chi connectivity index (χ4n) is 2.67. The lowest BCUT2D eigenvalue weighted by molar-refractivity contribution is -0.143. The molecule has 0 spiro atoms. The van der Waals surface area contributed by atoms with E-state index in [4.69, 9.17) is 21.4 Å². The zero-order valence-electron chi connectivity index (χ0n) is 10.3. The number of aliphatic imine (C=N–C) groups is 1. The molecule has 100 valence electrons. The highest BCUT2D eigenvalue weighted by atomic mass is 35.5. The van der Waals surface area contributed by atoms with E-state index in [2.05, 4.69) is 4.99 Å². The summed E-state index contributed by atoms with van der Waals surface area (Å²) in [6.07, 6.45) is 1.90. The van der Waals surface area contributed by atoms with Crippen molar-refractivity contribution in [1.29, 1.82) is 0 Å². The Balaban J connectivity index is 1.75. The van der Waals surface area contributed by atoms with E-state index >= 15 is 0 Å². The maximum atomic E-state index is 11.0. The van der Waals surface area contributed by atoms with E-state index < -0.39 is 5.97 Å². The Hall–Kier alpha value is -1.55. The summed E-state index contributed by atoms with van der Waals surface area (Å²) in [6, 6.07) is 7.43. The van der Waals surface area contributed by atoms with E-state index in [1.54, 1.807) is 12.1 Å². The van der Waals surface area contributed by atoms with E-state index in [1.165, 1.54) is 0 Å². The van der Waals surface area contributed by atoms with Gasteiger partial charge < -0.3 is 9.84 Å². The minimum absolute atomic E-state index is 0.0967. The summed E-state index contributed by atoms with van der Waals surface area (Å²) in [6.45, 7) is 0. The van der Waals surface area contributed by atoms with Crippen LogP contribution in [0.25, 0.3) is 0 Å². The molecular formula is C14H14ClNO3. The number of halogens is 1. The Morgan fingerprint density at radius 1 is 1.32 bits per heavy atom. The van der Waals surface area contributed by atoms with Crippen LogP contribution >= 0.6 is 11.6 Å². The maximum Gasteiger partial charge on any atom is 0.306 e. The minimum atomic E-state index is -0.734. The molecule has 1 aliphatic heterocycles. The summed E-state index contributed by atoms with van der Waals surface area (Å²) < 4.78 is 5.82. The number of benzene rings is 1. The van der Waals surface area contributed by atoms with Crippen LogP contribution in [0.1, 0.15) is 24.8 Å². The van der Waals surface area contributed by atoms with Gasteiger partial charge >= 0.3 is 5.97 Å². The Morgan fingerprint density at radius 3 is 2.74 bits per heavy atom. The standard InChI is InChI=1S/C14H14ClNO3/c15-10-4-1-8(2-5-10)13-16-11-6-3-9(14(17)18)7-12(11)19-13/h1-2,4-5,9,11-12H,3,6-7H2,(H,17,18). The first-order chi connectivity index (χ1) is 9.13. The van der Waals surface area contributed by atoms with Crippen molar-refractivity contribution in [1.82, 2.24) is 0 Å². The van der Waals surface area contributed by atoms with Crippen LogP contribution in [0.15, 0.2) is 29.3 Å². The van der Waals surface area contributed by atoms with Crippen LogP contribution in [-0.2, 0) is 9.53 Å². The van der Waals surface area contributed by atoms with Crippen molar-refractivity contribution in [2.24, 2.45) is 10.9 Å². The van der Waals surface area contributed by atoms with Crippen LogP contribution in [0.4, 0.5) is 0 Å². The van der Waals surface area contributed by atoms with Gasteiger partial charge in [-0.25, -0.2) is 4.99 Å². The Kier molecular flexibility index (Phi) is 3.19. The summed E-state index contributed by atoms with van der Waals surface area (Å²) in [5.41, 5.74) is 0.894. The molecule has 1 heterocycles. The fourth-order valence-corrected chi connectivity index (χ4v) is 2.80. The van der Waals surface area contributed by atoms with E-state index in [9.17, 15) is 4.79 Å². The molecule has 3 rings (SSSR count). The number of hydrogen-bond donors (Lipinski definition) is 1. The number of aliphatic carboxylic acids is 1. The van der Waals surface area contributed by atoms with Crippen molar-refractivity contribution >= 4 is 23.5 Å². The zero-order chi connectivity index (χ0) is 13.4. The van der Waals surface area contributed by atoms with Gasteiger partial charge in [0.05, 0.1) is 12.0 Å².